The summed E-state index contributed by atoms with van der Waals surface area (Å²) < 4.78 is 7.55. The molecule has 3 aromatic carbocycles. The van der Waals surface area contributed by atoms with Crippen molar-refractivity contribution in [3.63, 3.8) is 0 Å². The third kappa shape index (κ3) is 3.85. The van der Waals surface area contributed by atoms with Crippen LogP contribution in [0, 0.1) is 19.8 Å². The van der Waals surface area contributed by atoms with Crippen molar-refractivity contribution in [3.05, 3.63) is 86.8 Å². The topological polar surface area (TPSA) is 53.6 Å². The van der Waals surface area contributed by atoms with E-state index < -0.39 is 17.7 Å². The number of carbonyl (C=O) groups excluding carboxylic acids is 1. The predicted molar refractivity (Wildman–Crippen MR) is 144 cm³/mol. The van der Waals surface area contributed by atoms with Crippen molar-refractivity contribution in [1.29, 1.82) is 0 Å². The van der Waals surface area contributed by atoms with Gasteiger partial charge in [-0.1, -0.05) is 45.2 Å². The predicted octanol–water partition coefficient (Wildman–Crippen LogP) is 6.52. The maximum atomic E-state index is 13.9. The minimum atomic E-state index is -1.08. The molecule has 2 N–H and O–H groups in total. The Bertz CT molecular complexity index is 1320. The van der Waals surface area contributed by atoms with Crippen molar-refractivity contribution in [1.82, 2.24) is 5.32 Å². The molecule has 0 aliphatic carbocycles. The average molecular weight is 557 g/mol. The van der Waals surface area contributed by atoms with Crippen molar-refractivity contribution in [3.8, 4) is 5.75 Å². The molecule has 0 aromatic heterocycles. The van der Waals surface area contributed by atoms with Gasteiger partial charge < -0.3 is 15.4 Å². The summed E-state index contributed by atoms with van der Waals surface area (Å²) in [5, 5.41) is 7.59. The molecule has 0 radical (unpaired) electrons. The molecule has 2 aliphatic rings. The molecule has 34 heavy (non-hydrogen) atoms. The third-order valence-electron chi connectivity index (χ3n) is 6.47. The standard InChI is InChI=1S/C26H23BrClN3O2S/c1-14-4-10-20(15(2)12-14)29-24(32)22-23-19-13-17(28)7-11-21(19)33-26(22,3)31(25(34)30-23)18-8-5-16(27)6-9-18/h4-13,22-23H,1-3H3,(H,29,32)(H,30,34). The van der Waals surface area contributed by atoms with Gasteiger partial charge in [0.15, 0.2) is 10.8 Å². The van der Waals surface area contributed by atoms with Crippen molar-refractivity contribution in [2.24, 2.45) is 5.92 Å². The highest BCUT2D eigenvalue weighted by Gasteiger charge is 2.59. The van der Waals surface area contributed by atoms with Crippen LogP contribution < -0.4 is 20.3 Å². The number of fused-ring (bicyclic) bond motifs is 4. The van der Waals surface area contributed by atoms with Crippen LogP contribution in [0.15, 0.2) is 65.1 Å². The molecular formula is C26H23BrClN3O2S. The smallest absolute Gasteiger partial charge is 0.236 e. The molecule has 5 rings (SSSR count). The van der Waals surface area contributed by atoms with E-state index in [1.165, 1.54) is 0 Å². The summed E-state index contributed by atoms with van der Waals surface area (Å²) in [5.41, 5.74) is 3.46. The van der Waals surface area contributed by atoms with Gasteiger partial charge in [0.25, 0.3) is 0 Å². The SMILES string of the molecule is Cc1ccc(NC(=O)C2C3NC(=S)N(c4ccc(Br)cc4)C2(C)Oc2ccc(Cl)cc23)c(C)c1. The molecule has 1 amide bonds. The van der Waals surface area contributed by atoms with E-state index in [0.717, 1.165) is 32.5 Å². The van der Waals surface area contributed by atoms with Crippen molar-refractivity contribution in [2.75, 3.05) is 10.2 Å². The van der Waals surface area contributed by atoms with Crippen LogP contribution in [0.5, 0.6) is 5.75 Å². The first-order valence-electron chi connectivity index (χ1n) is 10.9. The minimum absolute atomic E-state index is 0.165. The van der Waals surface area contributed by atoms with Crippen LogP contribution in [0.3, 0.4) is 0 Å². The number of rotatable bonds is 3. The summed E-state index contributed by atoms with van der Waals surface area (Å²) in [7, 11) is 0. The molecular weight excluding hydrogens is 534 g/mol. The summed E-state index contributed by atoms with van der Waals surface area (Å²) in [6, 6.07) is 18.8. The van der Waals surface area contributed by atoms with Gasteiger partial charge in [0, 0.05) is 26.4 Å². The molecule has 174 valence electrons. The zero-order chi connectivity index (χ0) is 24.2. The average Bonchev–Trinajstić information content (AvgIpc) is 2.77. The summed E-state index contributed by atoms with van der Waals surface area (Å²) in [6.07, 6.45) is 0. The summed E-state index contributed by atoms with van der Waals surface area (Å²) in [5.74, 6) is -0.124. The van der Waals surface area contributed by atoms with Crippen LogP contribution in [-0.2, 0) is 4.79 Å². The minimum Gasteiger partial charge on any atom is -0.467 e. The van der Waals surface area contributed by atoms with E-state index in [4.69, 9.17) is 28.6 Å². The Labute approximate surface area is 217 Å². The van der Waals surface area contributed by atoms with Crippen molar-refractivity contribution < 1.29 is 9.53 Å². The number of halogens is 2. The van der Waals surface area contributed by atoms with E-state index in [-0.39, 0.29) is 5.91 Å². The zero-order valence-electron chi connectivity index (χ0n) is 18.9. The Balaban J connectivity index is 1.63. The molecule has 3 atom stereocenters. The van der Waals surface area contributed by atoms with E-state index in [2.05, 4.69) is 26.6 Å². The normalized spacial score (nSPS) is 23.0. The lowest BCUT2D eigenvalue weighted by atomic mass is 9.78. The Kier molecular flexibility index (Phi) is 5.82. The van der Waals surface area contributed by atoms with Gasteiger partial charge in [-0.2, -0.15) is 0 Å². The van der Waals surface area contributed by atoms with Crippen LogP contribution in [-0.4, -0.2) is 16.7 Å². The number of nitrogens with one attached hydrogen (secondary N) is 2. The highest BCUT2D eigenvalue weighted by Crippen LogP contribution is 2.50. The molecule has 3 aromatic rings. The number of anilines is 2. The fraction of sp³-hybridized carbons (Fsp3) is 0.231. The number of hydrogen-bond donors (Lipinski definition) is 2. The molecule has 0 spiro atoms. The summed E-state index contributed by atoms with van der Waals surface area (Å²) in [6.45, 7) is 5.93. The Morgan fingerprint density at radius 1 is 1.15 bits per heavy atom. The molecule has 2 bridgehead atoms. The molecule has 5 nitrogen and oxygen atoms in total. The first-order chi connectivity index (χ1) is 16.2. The van der Waals surface area contributed by atoms with Crippen LogP contribution in [0.1, 0.15) is 29.7 Å². The molecule has 1 fully saturated rings. The second-order valence-electron chi connectivity index (χ2n) is 8.86. The quantitative estimate of drug-likeness (QED) is 0.360. The zero-order valence-corrected chi connectivity index (χ0v) is 22.0. The number of nitrogens with zero attached hydrogens (tertiary/aromatic N) is 1. The maximum absolute atomic E-state index is 13.9. The highest BCUT2D eigenvalue weighted by atomic mass is 79.9. The van der Waals surface area contributed by atoms with Gasteiger partial charge in [-0.05, 0) is 87.1 Å². The molecule has 8 heteroatoms. The van der Waals surface area contributed by atoms with E-state index in [1.807, 2.05) is 80.3 Å². The molecule has 0 saturated carbocycles. The molecule has 2 aliphatic heterocycles. The Hall–Kier alpha value is -2.61. The number of amides is 1. The number of carbonyl (C=O) groups is 1. The van der Waals surface area contributed by atoms with Gasteiger partial charge in [0.05, 0.1) is 6.04 Å². The van der Waals surface area contributed by atoms with E-state index >= 15 is 0 Å². The molecule has 1 saturated heterocycles. The number of thiocarbonyl (C=S) groups is 1. The lowest BCUT2D eigenvalue weighted by molar-refractivity contribution is -0.130. The third-order valence-corrected chi connectivity index (χ3v) is 7.53. The molecule has 2 heterocycles. The summed E-state index contributed by atoms with van der Waals surface area (Å²) in [4.78, 5) is 15.8. The molecule has 3 unspecified atom stereocenters. The van der Waals surface area contributed by atoms with Crippen LogP contribution in [0.4, 0.5) is 11.4 Å². The Morgan fingerprint density at radius 2 is 1.88 bits per heavy atom. The van der Waals surface area contributed by atoms with E-state index in [0.29, 0.717) is 15.9 Å². The van der Waals surface area contributed by atoms with E-state index in [1.54, 1.807) is 6.07 Å². The number of hydrogen-bond acceptors (Lipinski definition) is 3. The van der Waals surface area contributed by atoms with Crippen LogP contribution >= 0.6 is 39.7 Å². The van der Waals surface area contributed by atoms with Gasteiger partial charge >= 0.3 is 0 Å². The lowest BCUT2D eigenvalue weighted by Gasteiger charge is -2.56. The monoisotopic (exact) mass is 555 g/mol. The summed E-state index contributed by atoms with van der Waals surface area (Å²) >= 11 is 15.6. The van der Waals surface area contributed by atoms with Crippen LogP contribution in [0.2, 0.25) is 5.02 Å². The fourth-order valence-electron chi connectivity index (χ4n) is 4.90. The van der Waals surface area contributed by atoms with Gasteiger partial charge in [-0.15, -0.1) is 0 Å². The first-order valence-corrected chi connectivity index (χ1v) is 12.5. The second-order valence-corrected chi connectivity index (χ2v) is 10.6. The van der Waals surface area contributed by atoms with Crippen molar-refractivity contribution >= 4 is 62.1 Å². The van der Waals surface area contributed by atoms with Crippen molar-refractivity contribution in [2.45, 2.75) is 32.5 Å². The maximum Gasteiger partial charge on any atom is 0.236 e. The van der Waals surface area contributed by atoms with Gasteiger partial charge in [0.1, 0.15) is 11.7 Å². The van der Waals surface area contributed by atoms with Gasteiger partial charge in [0.2, 0.25) is 5.91 Å². The number of ether oxygens (including phenoxy) is 1. The van der Waals surface area contributed by atoms with E-state index in [9.17, 15) is 4.79 Å². The van der Waals surface area contributed by atoms with Gasteiger partial charge in [-0.25, -0.2) is 0 Å². The fourth-order valence-corrected chi connectivity index (χ4v) is 5.76. The first kappa shape index (κ1) is 23.1. The Morgan fingerprint density at radius 3 is 2.59 bits per heavy atom. The number of benzene rings is 3. The lowest BCUT2D eigenvalue weighted by Crippen LogP contribution is -2.72. The second kappa shape index (κ2) is 8.56. The van der Waals surface area contributed by atoms with Gasteiger partial charge in [-0.3, -0.25) is 9.69 Å². The number of aryl methyl sites for hydroxylation is 2. The highest BCUT2D eigenvalue weighted by molar-refractivity contribution is 9.10. The van der Waals surface area contributed by atoms with Crippen LogP contribution in [0.25, 0.3) is 0 Å². The largest absolute Gasteiger partial charge is 0.467 e.